The predicted octanol–water partition coefficient (Wildman–Crippen LogP) is 14.9. The maximum absolute atomic E-state index is 6.22. The summed E-state index contributed by atoms with van der Waals surface area (Å²) in [5, 5.41) is 0. The van der Waals surface area contributed by atoms with Gasteiger partial charge < -0.3 is 9.80 Å². The van der Waals surface area contributed by atoms with Crippen LogP contribution in [0, 0.1) is 24.2 Å². The van der Waals surface area contributed by atoms with E-state index < -0.39 is 5.41 Å². The van der Waals surface area contributed by atoms with Gasteiger partial charge >= 0.3 is 0 Å². The molecule has 1 aliphatic heterocycles. The number of benzene rings is 5. The van der Waals surface area contributed by atoms with Crippen LogP contribution in [0.1, 0.15) is 66.3 Å². The Bertz CT molecular complexity index is 2860. The highest BCUT2D eigenvalue weighted by Crippen LogP contribution is 2.68. The average molecular weight is 791 g/mol. The van der Waals surface area contributed by atoms with Crippen LogP contribution in [0.15, 0.2) is 209 Å². The average Bonchev–Trinajstić information content (AvgIpc) is 3.75. The highest BCUT2D eigenvalue weighted by Gasteiger charge is 2.59. The zero-order valence-corrected chi connectivity index (χ0v) is 34.8. The van der Waals surface area contributed by atoms with Gasteiger partial charge in [0.25, 0.3) is 0 Å². The molecule has 5 atom stereocenters. The van der Waals surface area contributed by atoms with E-state index in [1.807, 2.05) is 17.8 Å². The van der Waals surface area contributed by atoms with Crippen LogP contribution in [0.2, 0.25) is 0 Å². The Balaban J connectivity index is 1.14. The summed E-state index contributed by atoms with van der Waals surface area (Å²) in [5.41, 5.74) is 15.9. The van der Waals surface area contributed by atoms with Crippen LogP contribution in [0.4, 0.5) is 28.4 Å². The van der Waals surface area contributed by atoms with E-state index in [4.69, 9.17) is 6.42 Å². The first kappa shape index (κ1) is 36.6. The van der Waals surface area contributed by atoms with E-state index in [-0.39, 0.29) is 11.8 Å². The second kappa shape index (κ2) is 14.7. The molecule has 290 valence electrons. The lowest BCUT2D eigenvalue weighted by Crippen LogP contribution is -2.33. The first-order chi connectivity index (χ1) is 29.6. The number of fused-ring (bicyclic) bond motifs is 8. The molecule has 5 aromatic carbocycles. The lowest BCUT2D eigenvalue weighted by Gasteiger charge is -2.38. The van der Waals surface area contributed by atoms with Gasteiger partial charge in [0.15, 0.2) is 0 Å². The van der Waals surface area contributed by atoms with Crippen molar-refractivity contribution in [2.75, 3.05) is 9.80 Å². The van der Waals surface area contributed by atoms with Crippen LogP contribution in [0.3, 0.4) is 0 Å². The third-order valence-electron chi connectivity index (χ3n) is 13.5. The van der Waals surface area contributed by atoms with Crippen molar-refractivity contribution in [3.63, 3.8) is 0 Å². The Hall–Kier alpha value is -6.47. The van der Waals surface area contributed by atoms with Gasteiger partial charge in [-0.1, -0.05) is 152 Å². The molecule has 0 amide bonds. The predicted molar refractivity (Wildman–Crippen MR) is 253 cm³/mol. The molecule has 0 radical (unpaired) electrons. The number of hydrogen-bond donors (Lipinski definition) is 0. The van der Waals surface area contributed by atoms with Crippen LogP contribution in [0.25, 0.3) is 5.57 Å². The smallest absolute Gasteiger partial charge is 0.0598 e. The normalized spacial score (nSPS) is 25.3. The number of allylic oxidation sites excluding steroid dienone is 15. The van der Waals surface area contributed by atoms with Gasteiger partial charge in [-0.2, -0.15) is 0 Å². The number of terminal acetylenes is 1. The molecule has 1 spiro atoms. The van der Waals surface area contributed by atoms with Crippen LogP contribution in [0.5, 0.6) is 0 Å². The van der Waals surface area contributed by atoms with Crippen LogP contribution >= 0.6 is 11.8 Å². The zero-order chi connectivity index (χ0) is 40.4. The van der Waals surface area contributed by atoms with E-state index >= 15 is 0 Å². The molecular weight excluding hydrogens is 745 g/mol. The van der Waals surface area contributed by atoms with Crippen LogP contribution in [-0.2, 0) is 5.41 Å². The summed E-state index contributed by atoms with van der Waals surface area (Å²) < 4.78 is 0. The van der Waals surface area contributed by atoms with E-state index in [1.54, 1.807) is 0 Å². The molecule has 2 nitrogen and oxygen atoms in total. The van der Waals surface area contributed by atoms with Crippen molar-refractivity contribution in [1.29, 1.82) is 0 Å². The lowest BCUT2D eigenvalue weighted by atomic mass is 9.65. The van der Waals surface area contributed by atoms with E-state index in [1.165, 1.54) is 60.3 Å². The fraction of sp³-hybridized carbons (Fsp3) is 0.158. The van der Waals surface area contributed by atoms with E-state index in [0.29, 0.717) is 11.8 Å². The zero-order valence-electron chi connectivity index (χ0n) is 34.0. The summed E-state index contributed by atoms with van der Waals surface area (Å²) in [6, 6.07) is 43.1. The molecule has 0 bridgehead atoms. The second-order valence-electron chi connectivity index (χ2n) is 16.7. The second-order valence-corrected chi connectivity index (χ2v) is 17.8. The van der Waals surface area contributed by atoms with Crippen molar-refractivity contribution in [2.45, 2.75) is 48.8 Å². The van der Waals surface area contributed by atoms with Gasteiger partial charge in [-0.05, 0) is 125 Å². The number of nitrogens with zero attached hydrogens (tertiary/aromatic N) is 2. The van der Waals surface area contributed by atoms with Gasteiger partial charge in [-0.15, -0.1) is 6.42 Å². The molecule has 5 unspecified atom stereocenters. The van der Waals surface area contributed by atoms with Gasteiger partial charge in [0, 0.05) is 50.3 Å². The Morgan fingerprint density at radius 1 is 0.767 bits per heavy atom. The molecular formula is C57H46N2S. The molecule has 0 N–H and O–H groups in total. The number of rotatable bonds is 5. The summed E-state index contributed by atoms with van der Waals surface area (Å²) in [7, 11) is 0. The molecule has 0 saturated heterocycles. The molecule has 5 aliphatic carbocycles. The monoisotopic (exact) mass is 790 g/mol. The summed E-state index contributed by atoms with van der Waals surface area (Å²) in [4.78, 5) is 7.67. The number of para-hydroxylation sites is 2. The number of hydrogen-bond acceptors (Lipinski definition) is 3. The largest absolute Gasteiger partial charge is 0.312 e. The highest BCUT2D eigenvalue weighted by molar-refractivity contribution is 8.03. The fourth-order valence-corrected chi connectivity index (χ4v) is 12.1. The molecule has 0 saturated carbocycles. The summed E-state index contributed by atoms with van der Waals surface area (Å²) in [5.74, 6) is 4.12. The third-order valence-corrected chi connectivity index (χ3v) is 14.6. The van der Waals surface area contributed by atoms with E-state index in [2.05, 4.69) is 212 Å². The molecule has 6 aliphatic rings. The molecule has 0 fully saturated rings. The van der Waals surface area contributed by atoms with Crippen molar-refractivity contribution in [2.24, 2.45) is 11.8 Å². The number of anilines is 5. The molecule has 3 heteroatoms. The highest BCUT2D eigenvalue weighted by atomic mass is 32.2. The molecule has 11 rings (SSSR count). The van der Waals surface area contributed by atoms with Crippen molar-refractivity contribution in [1.82, 2.24) is 0 Å². The first-order valence-corrected chi connectivity index (χ1v) is 22.2. The maximum atomic E-state index is 6.22. The minimum Gasteiger partial charge on any atom is -0.312 e. The third kappa shape index (κ3) is 5.51. The summed E-state index contributed by atoms with van der Waals surface area (Å²) in [6.45, 7) is 4.54. The Morgan fingerprint density at radius 3 is 2.35 bits per heavy atom. The Labute approximate surface area is 359 Å². The molecule has 60 heavy (non-hydrogen) atoms. The maximum Gasteiger partial charge on any atom is 0.0598 e. The first-order valence-electron chi connectivity index (χ1n) is 21.3. The van der Waals surface area contributed by atoms with Crippen molar-refractivity contribution >= 4 is 45.8 Å². The minimum atomic E-state index is -0.478. The van der Waals surface area contributed by atoms with Crippen LogP contribution in [-0.4, -0.2) is 0 Å². The standard InChI is InChI=1S/C57H46N2S/c1-4-17-44-45-34-33-43(58(41-20-10-7-11-21-41)42-31-29-40(30-32-42)39-18-8-6-9-19-39)37-50(45)57(47(44)5-2)48-23-13-12-22-46(48)56-49(57)24-16-26-52(56)59-51-25-14-15-27-54(51)60-55-35-28-38(3)36-53(55)59/h1,5-18,20-35,37-39,46,48H,19,36H2,2-3H3/b44-17-,47-5+. The van der Waals surface area contributed by atoms with E-state index in [9.17, 15) is 0 Å². The van der Waals surface area contributed by atoms with Crippen molar-refractivity contribution in [3.8, 4) is 12.3 Å². The van der Waals surface area contributed by atoms with Crippen molar-refractivity contribution in [3.05, 3.63) is 232 Å². The van der Waals surface area contributed by atoms with Gasteiger partial charge in [0.2, 0.25) is 0 Å². The van der Waals surface area contributed by atoms with Gasteiger partial charge in [0.05, 0.1) is 16.8 Å². The lowest BCUT2D eigenvalue weighted by molar-refractivity contribution is 0.465. The molecule has 1 heterocycles. The SMILES string of the molecule is C#C/C=C1\C(=C/C)C2(c3cc(N(c4ccccc4)c4ccc(C5C=CC=CC5)cc4)ccc31)c1cccc(N3C4=C(C=CC(C)C4)Sc4ccccc43)c1C1C=CC=CC12. The van der Waals surface area contributed by atoms with Gasteiger partial charge in [-0.25, -0.2) is 0 Å². The Morgan fingerprint density at radius 2 is 1.53 bits per heavy atom. The topological polar surface area (TPSA) is 6.48 Å². The van der Waals surface area contributed by atoms with Gasteiger partial charge in [-0.3, -0.25) is 0 Å². The fourth-order valence-electron chi connectivity index (χ4n) is 11.0. The quantitative estimate of drug-likeness (QED) is 0.164. The number of thioether (sulfide) groups is 1. The molecule has 5 aromatic rings. The van der Waals surface area contributed by atoms with Crippen LogP contribution < -0.4 is 9.80 Å². The van der Waals surface area contributed by atoms with E-state index in [0.717, 1.165) is 35.5 Å². The Kier molecular flexibility index (Phi) is 8.94. The molecule has 0 aromatic heterocycles. The minimum absolute atomic E-state index is 0.137. The summed E-state index contributed by atoms with van der Waals surface area (Å²) >= 11 is 1.91. The van der Waals surface area contributed by atoms with Gasteiger partial charge in [0.1, 0.15) is 0 Å². The summed E-state index contributed by atoms with van der Waals surface area (Å²) in [6.07, 6.45) is 35.7. The van der Waals surface area contributed by atoms with Crippen molar-refractivity contribution < 1.29 is 0 Å².